The largest absolute Gasteiger partial charge is 0.481 e. The number of carbonyl (C=O) groups excluding carboxylic acids is 1. The van der Waals surface area contributed by atoms with Gasteiger partial charge in [-0.15, -0.1) is 0 Å². The van der Waals surface area contributed by atoms with E-state index < -0.39 is 0 Å². The molecule has 8 heteroatoms. The van der Waals surface area contributed by atoms with Crippen LogP contribution in [-0.2, 0) is 14.3 Å². The topological polar surface area (TPSA) is 59.4 Å². The minimum absolute atomic E-state index is 0.0513. The Morgan fingerprint density at radius 3 is 1.44 bits per heavy atom. The molecule has 0 radical (unpaired) electrons. The normalized spacial score (nSPS) is 12.9. The predicted molar refractivity (Wildman–Crippen MR) is 170 cm³/mol. The van der Waals surface area contributed by atoms with Crippen molar-refractivity contribution in [2.45, 2.75) is 139 Å². The fraction of sp³-hybridized carbons (Fsp3) is 0.929. The molecule has 1 N–H and O–H groups in total. The first-order chi connectivity index (χ1) is 17.5. The Morgan fingerprint density at radius 2 is 0.972 bits per heavy atom. The Morgan fingerprint density at radius 1 is 0.556 bits per heavy atom. The molecule has 0 saturated heterocycles. The van der Waals surface area contributed by atoms with E-state index in [0.717, 1.165) is 88.6 Å². The third-order valence-electron chi connectivity index (χ3n) is 6.36. The van der Waals surface area contributed by atoms with Gasteiger partial charge in [-0.3, -0.25) is 10.2 Å². The molecule has 0 heterocycles. The van der Waals surface area contributed by atoms with Crippen LogP contribution in [0.15, 0.2) is 0 Å². The number of unbranched alkanes of at least 4 members (excludes halogenated alkanes) is 11. The smallest absolute Gasteiger partial charge is 0.305 e. The van der Waals surface area contributed by atoms with E-state index in [2.05, 4.69) is 50.5 Å². The highest BCUT2D eigenvalue weighted by Crippen LogP contribution is 2.15. The number of thiol groups is 4. The molecular weight excluding hydrogens is 527 g/mol. The summed E-state index contributed by atoms with van der Waals surface area (Å²) < 4.78 is 10.9. The fourth-order valence-corrected chi connectivity index (χ4v) is 5.70. The highest BCUT2D eigenvalue weighted by molar-refractivity contribution is 7.81. The van der Waals surface area contributed by atoms with Crippen molar-refractivity contribution in [2.75, 3.05) is 24.7 Å². The Hall–Kier alpha value is 0.340. The Labute approximate surface area is 244 Å². The van der Waals surface area contributed by atoms with Crippen LogP contribution in [0, 0.1) is 5.41 Å². The first-order valence-corrected chi connectivity index (χ1v) is 16.7. The van der Waals surface area contributed by atoms with Crippen LogP contribution in [0.2, 0.25) is 0 Å². The molecule has 0 aliphatic rings. The van der Waals surface area contributed by atoms with Crippen molar-refractivity contribution in [3.05, 3.63) is 0 Å². The van der Waals surface area contributed by atoms with Crippen LogP contribution in [0.3, 0.4) is 0 Å². The number of rotatable bonds is 27. The molecule has 0 aliphatic heterocycles. The third-order valence-corrected chi connectivity index (χ3v) is 7.91. The maximum absolute atomic E-state index is 11.8. The van der Waals surface area contributed by atoms with Crippen molar-refractivity contribution >= 4 is 62.4 Å². The van der Waals surface area contributed by atoms with E-state index in [0.29, 0.717) is 36.0 Å². The lowest BCUT2D eigenvalue weighted by Crippen LogP contribution is -2.06. The molecule has 2 unspecified atom stereocenters. The average Bonchev–Trinajstić information content (AvgIpc) is 2.85. The number of carbonyl (C=O) groups is 1. The van der Waals surface area contributed by atoms with Gasteiger partial charge < -0.3 is 9.47 Å². The summed E-state index contributed by atoms with van der Waals surface area (Å²) in [7, 11) is 0. The molecule has 0 fully saturated rings. The van der Waals surface area contributed by atoms with Gasteiger partial charge in [0.1, 0.15) is 0 Å². The molecule has 0 aromatic rings. The lowest BCUT2D eigenvalue weighted by atomic mass is 10.1. The number of hydrogen-bond acceptors (Lipinski definition) is 8. The zero-order chi connectivity index (χ0) is 26.7. The van der Waals surface area contributed by atoms with E-state index in [4.69, 9.17) is 14.9 Å². The van der Waals surface area contributed by atoms with Crippen molar-refractivity contribution < 1.29 is 14.3 Å². The van der Waals surface area contributed by atoms with Gasteiger partial charge in [-0.05, 0) is 62.9 Å². The minimum atomic E-state index is -0.0513. The standard InChI is InChI=1S/C28H55NO3S4/c29-27(17-11-9-15-25(35)19-23-33)31-21-13-7-5-3-1-2-4-6-8-14-22-32-28(30)18-12-10-16-26(36)20-24-34/h25-26,29,33-36H,1-24H2. The molecule has 0 aromatic carbocycles. The van der Waals surface area contributed by atoms with Crippen LogP contribution in [0.25, 0.3) is 0 Å². The second kappa shape index (κ2) is 28.4. The Balaban J connectivity index is 3.27. The summed E-state index contributed by atoms with van der Waals surface area (Å²) >= 11 is 17.5. The van der Waals surface area contributed by atoms with E-state index in [1.807, 2.05) is 0 Å². The van der Waals surface area contributed by atoms with Gasteiger partial charge in [-0.1, -0.05) is 64.2 Å². The molecule has 2 atom stereocenters. The predicted octanol–water partition coefficient (Wildman–Crippen LogP) is 8.78. The molecule has 0 aliphatic carbocycles. The maximum Gasteiger partial charge on any atom is 0.305 e. The highest BCUT2D eigenvalue weighted by atomic mass is 32.1. The summed E-state index contributed by atoms with van der Waals surface area (Å²) in [4.78, 5) is 11.8. The summed E-state index contributed by atoms with van der Waals surface area (Å²) in [6.45, 7) is 1.25. The van der Waals surface area contributed by atoms with E-state index in [1.165, 1.54) is 44.9 Å². The van der Waals surface area contributed by atoms with Crippen molar-refractivity contribution in [3.63, 3.8) is 0 Å². The number of esters is 1. The van der Waals surface area contributed by atoms with Gasteiger partial charge in [0.2, 0.25) is 0 Å². The molecular formula is C28H55NO3S4. The van der Waals surface area contributed by atoms with Crippen molar-refractivity contribution in [1.29, 1.82) is 5.41 Å². The van der Waals surface area contributed by atoms with Gasteiger partial charge in [-0.25, -0.2) is 0 Å². The number of nitrogens with one attached hydrogen (secondary N) is 1. The SMILES string of the molecule is N=C(CCCCC(S)CCS)OCCCCCCCCCCCCOC(=O)CCCCC(S)CCS. The molecule has 0 bridgehead atoms. The quantitative estimate of drug-likeness (QED) is 0.0221. The third kappa shape index (κ3) is 27.4. The van der Waals surface area contributed by atoms with Crippen LogP contribution in [0.4, 0.5) is 0 Å². The van der Waals surface area contributed by atoms with Crippen LogP contribution in [-0.4, -0.2) is 47.1 Å². The number of ether oxygens (including phenoxy) is 2. The second-order valence-corrected chi connectivity index (χ2v) is 12.2. The summed E-state index contributed by atoms with van der Waals surface area (Å²) in [5.41, 5.74) is 0. The van der Waals surface area contributed by atoms with Gasteiger partial charge in [0.25, 0.3) is 0 Å². The van der Waals surface area contributed by atoms with Gasteiger partial charge in [0.15, 0.2) is 5.90 Å². The Bertz CT molecular complexity index is 467. The highest BCUT2D eigenvalue weighted by Gasteiger charge is 2.06. The van der Waals surface area contributed by atoms with Crippen molar-refractivity contribution in [2.24, 2.45) is 0 Å². The maximum atomic E-state index is 11.8. The van der Waals surface area contributed by atoms with Crippen LogP contribution in [0.1, 0.15) is 128 Å². The van der Waals surface area contributed by atoms with Crippen LogP contribution in [0.5, 0.6) is 0 Å². The zero-order valence-electron chi connectivity index (χ0n) is 22.6. The van der Waals surface area contributed by atoms with Gasteiger partial charge in [-0.2, -0.15) is 50.5 Å². The van der Waals surface area contributed by atoms with E-state index in [1.54, 1.807) is 0 Å². The molecule has 0 amide bonds. The number of hydrogen-bond donors (Lipinski definition) is 5. The van der Waals surface area contributed by atoms with E-state index in [-0.39, 0.29) is 5.97 Å². The zero-order valence-corrected chi connectivity index (χ0v) is 26.2. The molecule has 36 heavy (non-hydrogen) atoms. The molecule has 0 saturated carbocycles. The fourth-order valence-electron chi connectivity index (χ4n) is 4.05. The average molecular weight is 582 g/mol. The summed E-state index contributed by atoms with van der Waals surface area (Å²) in [5, 5.41) is 8.75. The first-order valence-electron chi connectivity index (χ1n) is 14.4. The van der Waals surface area contributed by atoms with E-state index in [9.17, 15) is 4.79 Å². The second-order valence-electron chi connectivity index (χ2n) is 9.85. The molecule has 214 valence electrons. The summed E-state index contributed by atoms with van der Waals surface area (Å²) in [6.07, 6.45) is 21.5. The van der Waals surface area contributed by atoms with Gasteiger partial charge in [0.05, 0.1) is 13.2 Å². The molecule has 0 aromatic heterocycles. The Kier molecular flexibility index (Phi) is 28.6. The van der Waals surface area contributed by atoms with Gasteiger partial charge >= 0.3 is 5.97 Å². The molecule has 0 spiro atoms. The molecule has 0 rings (SSSR count). The molecule has 4 nitrogen and oxygen atoms in total. The van der Waals surface area contributed by atoms with Crippen molar-refractivity contribution in [1.82, 2.24) is 0 Å². The van der Waals surface area contributed by atoms with Crippen LogP contribution >= 0.6 is 50.5 Å². The van der Waals surface area contributed by atoms with Gasteiger partial charge in [0, 0.05) is 23.3 Å². The van der Waals surface area contributed by atoms with E-state index >= 15 is 0 Å². The minimum Gasteiger partial charge on any atom is -0.481 e. The van der Waals surface area contributed by atoms with Crippen LogP contribution < -0.4 is 0 Å². The monoisotopic (exact) mass is 581 g/mol. The lowest BCUT2D eigenvalue weighted by Gasteiger charge is -2.10. The first kappa shape index (κ1) is 36.3. The summed E-state index contributed by atoms with van der Waals surface area (Å²) in [6, 6.07) is 0. The summed E-state index contributed by atoms with van der Waals surface area (Å²) in [5.74, 6) is 2.15. The lowest BCUT2D eigenvalue weighted by molar-refractivity contribution is -0.143. The van der Waals surface area contributed by atoms with Crippen molar-refractivity contribution in [3.8, 4) is 0 Å².